The number of nitrogens with one attached hydrogen (secondary N) is 1. The van der Waals surface area contributed by atoms with E-state index in [0.29, 0.717) is 34.1 Å². The van der Waals surface area contributed by atoms with E-state index >= 15 is 0 Å². The number of hydrogen-bond donors (Lipinski definition) is 1. The second kappa shape index (κ2) is 8.54. The number of carbonyl (C=O) groups excluding carboxylic acids is 2. The summed E-state index contributed by atoms with van der Waals surface area (Å²) < 4.78 is 30.6. The molecule has 0 aliphatic heterocycles. The average Bonchev–Trinajstić information content (AvgIpc) is 3.31. The van der Waals surface area contributed by atoms with Crippen molar-refractivity contribution in [1.29, 1.82) is 0 Å². The quantitative estimate of drug-likeness (QED) is 0.455. The van der Waals surface area contributed by atoms with Gasteiger partial charge in [-0.2, -0.15) is 5.10 Å². The number of carbonyl (C=O) groups is 2. The molecule has 4 aromatic rings. The molecule has 2 aromatic heterocycles. The fourth-order valence-corrected chi connectivity index (χ4v) is 3.26. The Kier molecular flexibility index (Phi) is 5.63. The van der Waals surface area contributed by atoms with Crippen LogP contribution in [-0.2, 0) is 9.53 Å². The zero-order chi connectivity index (χ0) is 22.8. The van der Waals surface area contributed by atoms with E-state index in [0.717, 1.165) is 5.39 Å². The second-order valence-corrected chi connectivity index (χ2v) is 7.10. The zero-order valence-corrected chi connectivity index (χ0v) is 17.6. The van der Waals surface area contributed by atoms with Crippen LogP contribution in [0.4, 0.5) is 10.2 Å². The minimum Gasteiger partial charge on any atom is -0.497 e. The molecular weight excluding hydrogens is 417 g/mol. The molecule has 1 N–H and O–H groups in total. The number of halogens is 1. The number of ether oxygens (including phenoxy) is 2. The number of esters is 1. The molecule has 9 heteroatoms. The lowest BCUT2D eigenvalue weighted by Crippen LogP contribution is -2.22. The van der Waals surface area contributed by atoms with E-state index in [2.05, 4.69) is 10.4 Å². The molecule has 0 saturated heterocycles. The van der Waals surface area contributed by atoms with Gasteiger partial charge in [0.1, 0.15) is 23.0 Å². The number of furan rings is 1. The van der Waals surface area contributed by atoms with Gasteiger partial charge in [0, 0.05) is 17.0 Å². The number of aryl methyl sites for hydroxylation is 2. The van der Waals surface area contributed by atoms with Crippen LogP contribution in [0.1, 0.15) is 21.8 Å². The van der Waals surface area contributed by atoms with Gasteiger partial charge < -0.3 is 19.2 Å². The van der Waals surface area contributed by atoms with Crippen LogP contribution in [0.2, 0.25) is 0 Å². The Morgan fingerprint density at radius 2 is 1.88 bits per heavy atom. The number of rotatable bonds is 6. The molecule has 0 spiro atoms. The van der Waals surface area contributed by atoms with E-state index in [9.17, 15) is 14.0 Å². The number of methoxy groups -OCH3 is 1. The Bertz CT molecular complexity index is 1310. The van der Waals surface area contributed by atoms with Crippen molar-refractivity contribution >= 4 is 28.7 Å². The largest absolute Gasteiger partial charge is 0.497 e. The fourth-order valence-electron chi connectivity index (χ4n) is 3.26. The molecule has 0 aliphatic rings. The summed E-state index contributed by atoms with van der Waals surface area (Å²) in [6.07, 6.45) is 0. The summed E-state index contributed by atoms with van der Waals surface area (Å²) in [4.78, 5) is 24.9. The van der Waals surface area contributed by atoms with Crippen molar-refractivity contribution in [2.75, 3.05) is 19.0 Å². The molecule has 0 atom stereocenters. The lowest BCUT2D eigenvalue weighted by molar-refractivity contribution is -0.119. The van der Waals surface area contributed by atoms with Gasteiger partial charge in [-0.1, -0.05) is 0 Å². The van der Waals surface area contributed by atoms with E-state index in [1.807, 2.05) is 0 Å². The maximum absolute atomic E-state index is 13.2. The smallest absolute Gasteiger partial charge is 0.375 e. The third kappa shape index (κ3) is 4.18. The first-order chi connectivity index (χ1) is 15.4. The standard InChI is InChI=1S/C23H20FN3O5/c1-13-10-20(27(26-13)16-6-4-15(24)5-7-16)25-21(28)12-31-23(29)22-14(2)18-11-17(30-3)8-9-19(18)32-22/h4-11H,12H2,1-3H3,(H,25,28). The third-order valence-electron chi connectivity index (χ3n) is 4.83. The van der Waals surface area contributed by atoms with Gasteiger partial charge in [-0.05, 0) is 56.3 Å². The number of aromatic nitrogens is 2. The van der Waals surface area contributed by atoms with Crippen molar-refractivity contribution in [3.8, 4) is 11.4 Å². The van der Waals surface area contributed by atoms with E-state index in [1.165, 1.54) is 28.9 Å². The number of amides is 1. The van der Waals surface area contributed by atoms with Gasteiger partial charge in [0.2, 0.25) is 5.76 Å². The summed E-state index contributed by atoms with van der Waals surface area (Å²) in [5.74, 6) is -0.674. The zero-order valence-electron chi connectivity index (χ0n) is 17.6. The molecule has 164 valence electrons. The summed E-state index contributed by atoms with van der Waals surface area (Å²) >= 11 is 0. The number of hydrogen-bond acceptors (Lipinski definition) is 6. The van der Waals surface area contributed by atoms with Gasteiger partial charge in [-0.3, -0.25) is 4.79 Å². The van der Waals surface area contributed by atoms with Crippen LogP contribution in [0.15, 0.2) is 52.9 Å². The van der Waals surface area contributed by atoms with Crippen molar-refractivity contribution in [1.82, 2.24) is 9.78 Å². The molecule has 1 amide bonds. The predicted molar refractivity (Wildman–Crippen MR) is 115 cm³/mol. The Morgan fingerprint density at radius 1 is 1.12 bits per heavy atom. The molecule has 2 heterocycles. The van der Waals surface area contributed by atoms with Gasteiger partial charge in [0.05, 0.1) is 18.5 Å². The molecule has 0 radical (unpaired) electrons. The molecule has 0 fully saturated rings. The number of nitrogens with zero attached hydrogens (tertiary/aromatic N) is 2. The van der Waals surface area contributed by atoms with E-state index < -0.39 is 18.5 Å². The molecule has 8 nitrogen and oxygen atoms in total. The van der Waals surface area contributed by atoms with Gasteiger partial charge >= 0.3 is 5.97 Å². The summed E-state index contributed by atoms with van der Waals surface area (Å²) in [7, 11) is 1.55. The van der Waals surface area contributed by atoms with E-state index in [1.54, 1.807) is 45.2 Å². The average molecular weight is 437 g/mol. The molecule has 4 rings (SSSR count). The van der Waals surface area contributed by atoms with Crippen LogP contribution in [-0.4, -0.2) is 35.4 Å². The lowest BCUT2D eigenvalue weighted by Gasteiger charge is -2.09. The van der Waals surface area contributed by atoms with E-state index in [4.69, 9.17) is 13.9 Å². The first kappa shape index (κ1) is 21.1. The third-order valence-corrected chi connectivity index (χ3v) is 4.83. The predicted octanol–water partition coefficient (Wildman–Crippen LogP) is 4.18. The molecule has 0 bridgehead atoms. The molecule has 32 heavy (non-hydrogen) atoms. The van der Waals surface area contributed by atoms with Crippen LogP contribution in [0.3, 0.4) is 0 Å². The van der Waals surface area contributed by atoms with Gasteiger partial charge in [0.15, 0.2) is 6.61 Å². The topological polar surface area (TPSA) is 95.6 Å². The molecule has 2 aromatic carbocycles. The highest BCUT2D eigenvalue weighted by atomic mass is 19.1. The first-order valence-corrected chi connectivity index (χ1v) is 9.72. The molecule has 0 saturated carbocycles. The Labute approximate surface area is 182 Å². The van der Waals surface area contributed by atoms with Crippen LogP contribution >= 0.6 is 0 Å². The van der Waals surface area contributed by atoms with Gasteiger partial charge in [-0.25, -0.2) is 13.9 Å². The van der Waals surface area contributed by atoms with Crippen molar-refractivity contribution < 1.29 is 27.9 Å². The summed E-state index contributed by atoms with van der Waals surface area (Å²) in [5, 5.41) is 7.68. The second-order valence-electron chi connectivity index (χ2n) is 7.10. The van der Waals surface area contributed by atoms with Crippen LogP contribution in [0.25, 0.3) is 16.7 Å². The Hall–Kier alpha value is -4.14. The summed E-state index contributed by atoms with van der Waals surface area (Å²) in [6, 6.07) is 12.5. The van der Waals surface area contributed by atoms with Crippen LogP contribution < -0.4 is 10.1 Å². The summed E-state index contributed by atoms with van der Waals surface area (Å²) in [5.41, 5.74) is 2.32. The van der Waals surface area contributed by atoms with Gasteiger partial charge in [0.25, 0.3) is 5.91 Å². The first-order valence-electron chi connectivity index (χ1n) is 9.72. The van der Waals surface area contributed by atoms with Crippen molar-refractivity contribution in [3.05, 3.63) is 71.4 Å². The van der Waals surface area contributed by atoms with Crippen molar-refractivity contribution in [2.24, 2.45) is 0 Å². The highest BCUT2D eigenvalue weighted by Crippen LogP contribution is 2.29. The normalized spacial score (nSPS) is 10.9. The summed E-state index contributed by atoms with van der Waals surface area (Å²) in [6.45, 7) is 2.97. The SMILES string of the molecule is COc1ccc2oc(C(=O)OCC(=O)Nc3cc(C)nn3-c3ccc(F)cc3)c(C)c2c1. The van der Waals surface area contributed by atoms with E-state index in [-0.39, 0.29) is 11.6 Å². The molecule has 0 aliphatic carbocycles. The molecule has 0 unspecified atom stereocenters. The number of anilines is 1. The van der Waals surface area contributed by atoms with Gasteiger partial charge in [-0.15, -0.1) is 0 Å². The maximum atomic E-state index is 13.2. The highest BCUT2D eigenvalue weighted by molar-refractivity contribution is 5.98. The van der Waals surface area contributed by atoms with Crippen molar-refractivity contribution in [3.63, 3.8) is 0 Å². The maximum Gasteiger partial charge on any atom is 0.375 e. The minimum atomic E-state index is -0.754. The number of benzene rings is 2. The van der Waals surface area contributed by atoms with Crippen molar-refractivity contribution in [2.45, 2.75) is 13.8 Å². The Balaban J connectivity index is 1.45. The lowest BCUT2D eigenvalue weighted by atomic mass is 10.1. The Morgan fingerprint density at radius 3 is 2.59 bits per heavy atom. The fraction of sp³-hybridized carbons (Fsp3) is 0.174. The number of fused-ring (bicyclic) bond motifs is 1. The highest BCUT2D eigenvalue weighted by Gasteiger charge is 2.21. The minimum absolute atomic E-state index is 0.0215. The van der Waals surface area contributed by atoms with Crippen LogP contribution in [0, 0.1) is 19.7 Å². The monoisotopic (exact) mass is 437 g/mol. The molecular formula is C23H20FN3O5. The van der Waals surface area contributed by atoms with Crippen LogP contribution in [0.5, 0.6) is 5.75 Å².